The Hall–Kier alpha value is -1.78. The van der Waals surface area contributed by atoms with Crippen molar-refractivity contribution < 1.29 is 9.13 Å². The molecule has 0 saturated carbocycles. The fraction of sp³-hybridized carbons (Fsp3) is 0.429. The Morgan fingerprint density at radius 3 is 2.38 bits per heavy atom. The van der Waals surface area contributed by atoms with Gasteiger partial charge in [-0.2, -0.15) is 0 Å². The first-order chi connectivity index (χ1) is 12.3. The third kappa shape index (κ3) is 4.49. The van der Waals surface area contributed by atoms with Gasteiger partial charge >= 0.3 is 0 Å². The standard InChI is InChI=1S/C21H25FN2O.ClH/c22-19-5-7-20(8-6-19)24-12-10-23(11-13-24)14-15-25-21-9-4-17-2-1-3-18(17)16-21;/h4-9,16H,1-3,10-15H2;1H. The van der Waals surface area contributed by atoms with E-state index < -0.39 is 0 Å². The molecule has 1 aliphatic heterocycles. The summed E-state index contributed by atoms with van der Waals surface area (Å²) in [6.45, 7) is 5.68. The molecule has 2 aromatic rings. The third-order valence-corrected chi connectivity index (χ3v) is 5.31. The molecule has 0 atom stereocenters. The van der Waals surface area contributed by atoms with Crippen molar-refractivity contribution in [2.75, 3.05) is 44.2 Å². The molecule has 0 amide bonds. The van der Waals surface area contributed by atoms with Gasteiger partial charge in [0.05, 0.1) is 0 Å². The summed E-state index contributed by atoms with van der Waals surface area (Å²) in [5.41, 5.74) is 4.06. The van der Waals surface area contributed by atoms with Crippen LogP contribution in [0.1, 0.15) is 17.5 Å². The fourth-order valence-electron chi connectivity index (χ4n) is 3.81. The van der Waals surface area contributed by atoms with E-state index in [1.807, 2.05) is 12.1 Å². The summed E-state index contributed by atoms with van der Waals surface area (Å²) >= 11 is 0. The number of hydrogen-bond donors (Lipinski definition) is 0. The highest BCUT2D eigenvalue weighted by Gasteiger charge is 2.17. The summed E-state index contributed by atoms with van der Waals surface area (Å²) in [6, 6.07) is 13.3. The maximum absolute atomic E-state index is 13.0. The van der Waals surface area contributed by atoms with Gasteiger partial charge in [-0.1, -0.05) is 6.07 Å². The van der Waals surface area contributed by atoms with Crippen molar-refractivity contribution in [3.05, 3.63) is 59.4 Å². The lowest BCUT2D eigenvalue weighted by molar-refractivity contribution is 0.200. The molecule has 26 heavy (non-hydrogen) atoms. The van der Waals surface area contributed by atoms with Crippen LogP contribution in [0.15, 0.2) is 42.5 Å². The zero-order valence-electron chi connectivity index (χ0n) is 15.0. The lowest BCUT2D eigenvalue weighted by Crippen LogP contribution is -2.47. The second-order valence-corrected chi connectivity index (χ2v) is 6.94. The third-order valence-electron chi connectivity index (χ3n) is 5.31. The van der Waals surface area contributed by atoms with Gasteiger partial charge in [0.25, 0.3) is 0 Å². The molecule has 0 spiro atoms. The number of ether oxygens (including phenoxy) is 1. The second-order valence-electron chi connectivity index (χ2n) is 6.94. The Labute approximate surface area is 161 Å². The first-order valence-electron chi connectivity index (χ1n) is 9.25. The molecule has 5 heteroatoms. The summed E-state index contributed by atoms with van der Waals surface area (Å²) in [7, 11) is 0. The van der Waals surface area contributed by atoms with Gasteiger partial charge in [0.15, 0.2) is 0 Å². The van der Waals surface area contributed by atoms with Crippen molar-refractivity contribution in [1.29, 1.82) is 0 Å². The lowest BCUT2D eigenvalue weighted by Gasteiger charge is -2.36. The molecule has 0 aromatic heterocycles. The average Bonchev–Trinajstić information content (AvgIpc) is 3.11. The van der Waals surface area contributed by atoms with E-state index in [9.17, 15) is 4.39 Å². The minimum Gasteiger partial charge on any atom is -0.492 e. The van der Waals surface area contributed by atoms with Gasteiger partial charge < -0.3 is 9.64 Å². The van der Waals surface area contributed by atoms with E-state index in [4.69, 9.17) is 4.74 Å². The van der Waals surface area contributed by atoms with Crippen LogP contribution in [0, 0.1) is 5.82 Å². The number of aryl methyl sites for hydroxylation is 2. The quantitative estimate of drug-likeness (QED) is 0.786. The van der Waals surface area contributed by atoms with Gasteiger partial charge in [-0.25, -0.2) is 4.39 Å². The van der Waals surface area contributed by atoms with Crippen molar-refractivity contribution in [3.63, 3.8) is 0 Å². The molecule has 2 aliphatic rings. The zero-order chi connectivity index (χ0) is 17.1. The van der Waals surface area contributed by atoms with Crippen LogP contribution in [-0.2, 0) is 12.8 Å². The molecule has 0 radical (unpaired) electrons. The largest absolute Gasteiger partial charge is 0.492 e. The minimum atomic E-state index is -0.175. The molecule has 3 nitrogen and oxygen atoms in total. The van der Waals surface area contributed by atoms with Crippen molar-refractivity contribution in [2.45, 2.75) is 19.3 Å². The maximum Gasteiger partial charge on any atom is 0.123 e. The number of anilines is 1. The second kappa shape index (κ2) is 8.74. The molecule has 0 N–H and O–H groups in total. The van der Waals surface area contributed by atoms with Gasteiger partial charge in [-0.05, 0) is 66.8 Å². The van der Waals surface area contributed by atoms with E-state index in [0.717, 1.165) is 50.8 Å². The first kappa shape index (κ1) is 19.0. The van der Waals surface area contributed by atoms with Crippen LogP contribution < -0.4 is 9.64 Å². The molecule has 4 rings (SSSR count). The van der Waals surface area contributed by atoms with Crippen molar-refractivity contribution >= 4 is 18.1 Å². The van der Waals surface area contributed by atoms with E-state index in [0.29, 0.717) is 0 Å². The number of nitrogens with zero attached hydrogens (tertiary/aromatic N) is 2. The highest BCUT2D eigenvalue weighted by atomic mass is 35.5. The summed E-state index contributed by atoms with van der Waals surface area (Å²) in [5, 5.41) is 0. The topological polar surface area (TPSA) is 15.7 Å². The Morgan fingerprint density at radius 1 is 0.885 bits per heavy atom. The van der Waals surface area contributed by atoms with Crippen molar-refractivity contribution in [3.8, 4) is 5.75 Å². The SMILES string of the molecule is Cl.Fc1ccc(N2CCN(CCOc3ccc4c(c3)CCC4)CC2)cc1. The Balaban J connectivity index is 0.00000196. The number of piperazine rings is 1. The fourth-order valence-corrected chi connectivity index (χ4v) is 3.81. The number of halogens is 2. The molecule has 2 aromatic carbocycles. The molecule has 0 unspecified atom stereocenters. The Morgan fingerprint density at radius 2 is 1.62 bits per heavy atom. The van der Waals surface area contributed by atoms with Gasteiger partial charge in [0, 0.05) is 38.4 Å². The van der Waals surface area contributed by atoms with Crippen molar-refractivity contribution in [1.82, 2.24) is 4.90 Å². The first-order valence-corrected chi connectivity index (χ1v) is 9.25. The lowest BCUT2D eigenvalue weighted by atomic mass is 10.1. The Kier molecular flexibility index (Phi) is 6.38. The van der Waals surface area contributed by atoms with Gasteiger partial charge in [0.1, 0.15) is 18.2 Å². The summed E-state index contributed by atoms with van der Waals surface area (Å²) in [4.78, 5) is 4.75. The van der Waals surface area contributed by atoms with Crippen LogP contribution in [0.2, 0.25) is 0 Å². The van der Waals surface area contributed by atoms with Crippen LogP contribution in [0.4, 0.5) is 10.1 Å². The molecular weight excluding hydrogens is 351 g/mol. The normalized spacial score (nSPS) is 16.9. The summed E-state index contributed by atoms with van der Waals surface area (Å²) in [6.07, 6.45) is 3.68. The van der Waals surface area contributed by atoms with Crippen LogP contribution >= 0.6 is 12.4 Å². The zero-order valence-corrected chi connectivity index (χ0v) is 15.8. The van der Waals surface area contributed by atoms with Crippen molar-refractivity contribution in [2.24, 2.45) is 0 Å². The average molecular weight is 377 g/mol. The number of rotatable bonds is 5. The highest BCUT2D eigenvalue weighted by molar-refractivity contribution is 5.85. The van der Waals surface area contributed by atoms with E-state index >= 15 is 0 Å². The molecule has 1 heterocycles. The summed E-state index contributed by atoms with van der Waals surface area (Å²) < 4.78 is 19.0. The molecule has 1 fully saturated rings. The monoisotopic (exact) mass is 376 g/mol. The van der Waals surface area contributed by atoms with E-state index in [2.05, 4.69) is 28.0 Å². The molecule has 1 aliphatic carbocycles. The highest BCUT2D eigenvalue weighted by Crippen LogP contribution is 2.26. The van der Waals surface area contributed by atoms with Crippen LogP contribution in [0.5, 0.6) is 5.75 Å². The minimum absolute atomic E-state index is 0. The van der Waals surface area contributed by atoms with E-state index in [-0.39, 0.29) is 18.2 Å². The molecule has 0 bridgehead atoms. The summed E-state index contributed by atoms with van der Waals surface area (Å²) in [5.74, 6) is 0.830. The Bertz CT molecular complexity index is 714. The number of fused-ring (bicyclic) bond motifs is 1. The van der Waals surface area contributed by atoms with Crippen LogP contribution in [0.25, 0.3) is 0 Å². The maximum atomic E-state index is 13.0. The van der Waals surface area contributed by atoms with Crippen LogP contribution in [-0.4, -0.2) is 44.2 Å². The smallest absolute Gasteiger partial charge is 0.123 e. The van der Waals surface area contributed by atoms with Crippen LogP contribution in [0.3, 0.4) is 0 Å². The van der Waals surface area contributed by atoms with E-state index in [1.54, 1.807) is 0 Å². The predicted molar refractivity (Wildman–Crippen MR) is 106 cm³/mol. The number of benzene rings is 2. The van der Waals surface area contributed by atoms with E-state index in [1.165, 1.54) is 42.5 Å². The molecule has 140 valence electrons. The molecular formula is C21H26ClFN2O. The van der Waals surface area contributed by atoms with Gasteiger partial charge in [-0.3, -0.25) is 4.90 Å². The number of hydrogen-bond acceptors (Lipinski definition) is 3. The van der Waals surface area contributed by atoms with Gasteiger partial charge in [0.2, 0.25) is 0 Å². The predicted octanol–water partition coefficient (Wildman–Crippen LogP) is 3.94. The molecule has 1 saturated heterocycles. The van der Waals surface area contributed by atoms with Gasteiger partial charge in [-0.15, -0.1) is 12.4 Å².